The Kier molecular flexibility index (Phi) is 4.68. The first-order valence-corrected chi connectivity index (χ1v) is 4.69. The van der Waals surface area contributed by atoms with Gasteiger partial charge in [0.15, 0.2) is 0 Å². The fraction of sp³-hybridized carbons (Fsp3) is 0.0909. The highest BCUT2D eigenvalue weighted by atomic mass is 19.1. The summed E-state index contributed by atoms with van der Waals surface area (Å²) in [6, 6.07) is 5.61. The second-order valence-electron chi connectivity index (χ2n) is 2.99. The summed E-state index contributed by atoms with van der Waals surface area (Å²) in [5.74, 6) is -0.876. The molecular formula is C11H11FN2O3. The van der Waals surface area contributed by atoms with E-state index in [0.717, 1.165) is 0 Å². The largest absolute Gasteiger partial charge is 0.452 e. The van der Waals surface area contributed by atoms with Crippen LogP contribution in [0.2, 0.25) is 0 Å². The van der Waals surface area contributed by atoms with Crippen molar-refractivity contribution in [2.24, 2.45) is 0 Å². The summed E-state index contributed by atoms with van der Waals surface area (Å²) in [5, 5.41) is 0. The van der Waals surface area contributed by atoms with Crippen molar-refractivity contribution in [3.05, 3.63) is 41.7 Å². The third kappa shape index (κ3) is 4.78. The molecule has 0 fully saturated rings. The Morgan fingerprint density at radius 2 is 1.88 bits per heavy atom. The first-order valence-electron chi connectivity index (χ1n) is 4.69. The molecule has 1 aromatic carbocycles. The number of rotatable bonds is 2. The maximum atomic E-state index is 12.6. The molecule has 0 aliphatic heterocycles. The number of carbonyl (C=O) groups is 2. The van der Waals surface area contributed by atoms with Crippen molar-refractivity contribution in [2.75, 3.05) is 7.11 Å². The Bertz CT molecular complexity index is 429. The summed E-state index contributed by atoms with van der Waals surface area (Å²) in [5.41, 5.74) is 4.76. The molecule has 5 nitrogen and oxygen atoms in total. The van der Waals surface area contributed by atoms with Crippen LogP contribution >= 0.6 is 0 Å². The Morgan fingerprint density at radius 1 is 1.24 bits per heavy atom. The van der Waals surface area contributed by atoms with Gasteiger partial charge in [0.1, 0.15) is 5.82 Å². The number of methoxy groups -OCH3 is 1. The maximum Gasteiger partial charge on any atom is 0.425 e. The van der Waals surface area contributed by atoms with E-state index in [1.165, 1.54) is 43.5 Å². The molecule has 0 radical (unpaired) electrons. The molecule has 0 saturated carbocycles. The molecule has 0 aliphatic rings. The van der Waals surface area contributed by atoms with E-state index in [-0.39, 0.29) is 5.82 Å². The summed E-state index contributed by atoms with van der Waals surface area (Å²) in [4.78, 5) is 21.8. The molecular weight excluding hydrogens is 227 g/mol. The van der Waals surface area contributed by atoms with Crippen molar-refractivity contribution < 1.29 is 18.7 Å². The lowest BCUT2D eigenvalue weighted by Crippen LogP contribution is -2.40. The summed E-state index contributed by atoms with van der Waals surface area (Å²) in [6.07, 6.45) is 1.91. The summed E-state index contributed by atoms with van der Waals surface area (Å²) < 4.78 is 16.8. The van der Waals surface area contributed by atoms with E-state index in [0.29, 0.717) is 5.56 Å². The first-order chi connectivity index (χ1) is 8.11. The Hall–Kier alpha value is -2.37. The molecule has 0 aromatic heterocycles. The lowest BCUT2D eigenvalue weighted by atomic mass is 10.2. The van der Waals surface area contributed by atoms with E-state index in [9.17, 15) is 14.0 Å². The van der Waals surface area contributed by atoms with Gasteiger partial charge in [0, 0.05) is 6.08 Å². The highest BCUT2D eigenvalue weighted by Crippen LogP contribution is 2.04. The van der Waals surface area contributed by atoms with Crippen LogP contribution in [0.3, 0.4) is 0 Å². The van der Waals surface area contributed by atoms with Gasteiger partial charge in [-0.25, -0.2) is 14.6 Å². The van der Waals surface area contributed by atoms with Crippen LogP contribution in [-0.2, 0) is 9.53 Å². The molecule has 1 rings (SSSR count). The van der Waals surface area contributed by atoms with E-state index < -0.39 is 12.0 Å². The van der Waals surface area contributed by atoms with Crippen LogP contribution < -0.4 is 10.9 Å². The maximum absolute atomic E-state index is 12.6. The summed E-state index contributed by atoms with van der Waals surface area (Å²) >= 11 is 0. The van der Waals surface area contributed by atoms with Crippen LogP contribution in [0, 0.1) is 5.82 Å². The molecule has 90 valence electrons. The number of carbonyl (C=O) groups excluding carboxylic acids is 2. The van der Waals surface area contributed by atoms with E-state index >= 15 is 0 Å². The topological polar surface area (TPSA) is 67.4 Å². The zero-order valence-corrected chi connectivity index (χ0v) is 9.07. The van der Waals surface area contributed by atoms with Gasteiger partial charge in [-0.3, -0.25) is 10.2 Å². The lowest BCUT2D eigenvalue weighted by Gasteiger charge is -2.02. The molecule has 2 amide bonds. The number of ether oxygens (including phenoxy) is 1. The highest BCUT2D eigenvalue weighted by molar-refractivity contribution is 5.92. The molecule has 2 N–H and O–H groups in total. The van der Waals surface area contributed by atoms with Crippen molar-refractivity contribution in [1.29, 1.82) is 0 Å². The molecule has 1 aromatic rings. The zero-order chi connectivity index (χ0) is 12.7. The van der Waals surface area contributed by atoms with Crippen LogP contribution in [0.25, 0.3) is 6.08 Å². The number of amides is 2. The lowest BCUT2D eigenvalue weighted by molar-refractivity contribution is -0.117. The van der Waals surface area contributed by atoms with Gasteiger partial charge in [0.2, 0.25) is 0 Å². The minimum absolute atomic E-state index is 0.348. The molecule has 17 heavy (non-hydrogen) atoms. The molecule has 0 spiro atoms. The number of hydrogen-bond donors (Lipinski definition) is 2. The van der Waals surface area contributed by atoms with Crippen molar-refractivity contribution in [3.63, 3.8) is 0 Å². The van der Waals surface area contributed by atoms with Crippen LogP contribution in [0.4, 0.5) is 9.18 Å². The van der Waals surface area contributed by atoms with Crippen molar-refractivity contribution in [2.45, 2.75) is 0 Å². The van der Waals surface area contributed by atoms with Crippen LogP contribution in [0.15, 0.2) is 30.3 Å². The number of halogens is 1. The Labute approximate surface area is 97.2 Å². The second-order valence-corrected chi connectivity index (χ2v) is 2.99. The van der Waals surface area contributed by atoms with Gasteiger partial charge in [-0.15, -0.1) is 0 Å². The third-order valence-electron chi connectivity index (χ3n) is 1.77. The average Bonchev–Trinajstić information content (AvgIpc) is 2.35. The smallest absolute Gasteiger partial charge is 0.425 e. The standard InChI is InChI=1S/C11H11FN2O3/c1-17-11(16)14-13-10(15)7-4-8-2-5-9(12)6-3-8/h2-7H,1H3,(H,13,15)(H,14,16)/b7-4-. The van der Waals surface area contributed by atoms with Crippen molar-refractivity contribution in [3.8, 4) is 0 Å². The summed E-state index contributed by atoms with van der Waals surface area (Å²) in [7, 11) is 1.18. The number of nitrogens with one attached hydrogen (secondary N) is 2. The molecule has 0 saturated heterocycles. The summed E-state index contributed by atoms with van der Waals surface area (Å²) in [6.45, 7) is 0. The van der Waals surface area contributed by atoms with E-state index in [1.54, 1.807) is 0 Å². The predicted octanol–water partition coefficient (Wildman–Crippen LogP) is 1.23. The number of hydrazine groups is 1. The van der Waals surface area contributed by atoms with Crippen LogP contribution in [0.5, 0.6) is 0 Å². The zero-order valence-electron chi connectivity index (χ0n) is 9.07. The van der Waals surface area contributed by atoms with Gasteiger partial charge in [-0.2, -0.15) is 0 Å². The monoisotopic (exact) mass is 238 g/mol. The van der Waals surface area contributed by atoms with Crippen molar-refractivity contribution in [1.82, 2.24) is 10.9 Å². The number of hydrogen-bond acceptors (Lipinski definition) is 3. The number of benzene rings is 1. The fourth-order valence-electron chi connectivity index (χ4n) is 0.951. The molecule has 0 heterocycles. The van der Waals surface area contributed by atoms with Crippen molar-refractivity contribution >= 4 is 18.1 Å². The molecule has 0 unspecified atom stereocenters. The quantitative estimate of drug-likeness (QED) is 0.601. The molecule has 0 aliphatic carbocycles. The second kappa shape index (κ2) is 6.26. The highest BCUT2D eigenvalue weighted by Gasteiger charge is 1.99. The molecule has 6 heteroatoms. The first kappa shape index (κ1) is 12.7. The fourth-order valence-corrected chi connectivity index (χ4v) is 0.951. The molecule has 0 bridgehead atoms. The molecule has 0 atom stereocenters. The van der Waals surface area contributed by atoms with Gasteiger partial charge in [-0.05, 0) is 23.8 Å². The van der Waals surface area contributed by atoms with Crippen LogP contribution in [0.1, 0.15) is 5.56 Å². The normalized spacial score (nSPS) is 10.0. The predicted molar refractivity (Wildman–Crippen MR) is 59.1 cm³/mol. The van der Waals surface area contributed by atoms with E-state index in [2.05, 4.69) is 10.2 Å². The van der Waals surface area contributed by atoms with Crippen LogP contribution in [-0.4, -0.2) is 19.1 Å². The third-order valence-corrected chi connectivity index (χ3v) is 1.77. The Morgan fingerprint density at radius 3 is 2.47 bits per heavy atom. The van der Waals surface area contributed by atoms with Gasteiger partial charge in [0.25, 0.3) is 5.91 Å². The van der Waals surface area contributed by atoms with Gasteiger partial charge >= 0.3 is 6.09 Å². The Balaban J connectivity index is 2.45. The minimum Gasteiger partial charge on any atom is -0.452 e. The van der Waals surface area contributed by atoms with E-state index in [1.807, 2.05) is 5.43 Å². The van der Waals surface area contributed by atoms with Gasteiger partial charge < -0.3 is 4.74 Å². The average molecular weight is 238 g/mol. The van der Waals surface area contributed by atoms with E-state index in [4.69, 9.17) is 0 Å². The van der Waals surface area contributed by atoms with Gasteiger partial charge in [0.05, 0.1) is 7.11 Å². The van der Waals surface area contributed by atoms with Gasteiger partial charge in [-0.1, -0.05) is 12.1 Å². The SMILES string of the molecule is COC(=O)NNC(=O)/C=C\c1ccc(F)cc1. The minimum atomic E-state index is -0.770.